The average Bonchev–Trinajstić information content (AvgIpc) is 3.22. The van der Waals surface area contributed by atoms with Gasteiger partial charge in [0.1, 0.15) is 5.82 Å². The number of fused-ring (bicyclic) bond motifs is 2. The van der Waals surface area contributed by atoms with Gasteiger partial charge in [-0.1, -0.05) is 24.3 Å². The number of carbonyl (C=O) groups is 2. The van der Waals surface area contributed by atoms with Crippen LogP contribution in [0.2, 0.25) is 0 Å². The number of benzene rings is 2. The fourth-order valence-corrected chi connectivity index (χ4v) is 3.73. The molecule has 5 rings (SSSR count). The quantitative estimate of drug-likeness (QED) is 0.670. The monoisotopic (exact) mass is 344 g/mol. The number of imide groups is 1. The number of nitrogens with zero attached hydrogens (tertiary/aromatic N) is 4. The maximum atomic E-state index is 12.7. The van der Waals surface area contributed by atoms with Crippen molar-refractivity contribution in [2.45, 2.75) is 25.8 Å². The van der Waals surface area contributed by atoms with E-state index in [1.54, 1.807) is 30.3 Å². The van der Waals surface area contributed by atoms with Gasteiger partial charge in [0.25, 0.3) is 11.8 Å². The molecule has 0 N–H and O–H groups in total. The van der Waals surface area contributed by atoms with E-state index in [0.717, 1.165) is 43.0 Å². The van der Waals surface area contributed by atoms with Crippen LogP contribution in [0.3, 0.4) is 0 Å². The summed E-state index contributed by atoms with van der Waals surface area (Å²) < 4.78 is 2.13. The summed E-state index contributed by atoms with van der Waals surface area (Å²) in [5.41, 5.74) is 2.31. The van der Waals surface area contributed by atoms with Crippen LogP contribution in [0.25, 0.3) is 11.4 Å². The van der Waals surface area contributed by atoms with Crippen molar-refractivity contribution in [1.82, 2.24) is 14.8 Å². The average molecular weight is 344 g/mol. The molecule has 2 aromatic carbocycles. The maximum absolute atomic E-state index is 12.7. The summed E-state index contributed by atoms with van der Waals surface area (Å²) >= 11 is 0. The molecule has 1 aromatic heterocycles. The molecule has 2 aliphatic heterocycles. The van der Waals surface area contributed by atoms with Crippen molar-refractivity contribution in [3.05, 3.63) is 65.5 Å². The van der Waals surface area contributed by atoms with Gasteiger partial charge in [-0.2, -0.15) is 0 Å². The molecule has 0 saturated heterocycles. The third kappa shape index (κ3) is 2.12. The minimum absolute atomic E-state index is 0.286. The second-order valence-corrected chi connectivity index (χ2v) is 6.59. The number of carbonyl (C=O) groups excluding carboxylic acids is 2. The summed E-state index contributed by atoms with van der Waals surface area (Å²) in [7, 11) is 0. The zero-order chi connectivity index (χ0) is 17.7. The van der Waals surface area contributed by atoms with Crippen LogP contribution < -0.4 is 4.90 Å². The number of hydrogen-bond donors (Lipinski definition) is 0. The Hall–Kier alpha value is -3.28. The van der Waals surface area contributed by atoms with Gasteiger partial charge in [0.05, 0.1) is 16.8 Å². The molecule has 3 heterocycles. The molecule has 0 spiro atoms. The first-order valence-electron chi connectivity index (χ1n) is 8.74. The third-order valence-electron chi connectivity index (χ3n) is 5.02. The SMILES string of the molecule is O=C1c2ccccc2C(=O)N1c1cccc(-c2nnc3n2CCCC3)c1. The molecular weight excluding hydrogens is 328 g/mol. The smallest absolute Gasteiger partial charge is 0.266 e. The van der Waals surface area contributed by atoms with Crippen molar-refractivity contribution < 1.29 is 9.59 Å². The summed E-state index contributed by atoms with van der Waals surface area (Å²) in [5.74, 6) is 1.22. The van der Waals surface area contributed by atoms with E-state index in [1.165, 1.54) is 4.90 Å². The molecule has 0 radical (unpaired) electrons. The largest absolute Gasteiger partial charge is 0.311 e. The Bertz CT molecular complexity index is 1020. The molecule has 6 heteroatoms. The van der Waals surface area contributed by atoms with Gasteiger partial charge < -0.3 is 4.57 Å². The van der Waals surface area contributed by atoms with E-state index in [9.17, 15) is 9.59 Å². The Morgan fingerprint density at radius 3 is 2.38 bits per heavy atom. The molecule has 128 valence electrons. The van der Waals surface area contributed by atoms with Crippen LogP contribution in [0.1, 0.15) is 39.4 Å². The lowest BCUT2D eigenvalue weighted by Gasteiger charge is -2.17. The summed E-state index contributed by atoms with van der Waals surface area (Å²) in [5, 5.41) is 8.63. The Morgan fingerprint density at radius 1 is 0.846 bits per heavy atom. The van der Waals surface area contributed by atoms with Crippen molar-refractivity contribution >= 4 is 17.5 Å². The second-order valence-electron chi connectivity index (χ2n) is 6.59. The molecule has 0 aliphatic carbocycles. The highest BCUT2D eigenvalue weighted by Gasteiger charge is 2.36. The Balaban J connectivity index is 1.57. The van der Waals surface area contributed by atoms with Gasteiger partial charge in [-0.3, -0.25) is 9.59 Å². The maximum Gasteiger partial charge on any atom is 0.266 e. The number of aromatic nitrogens is 3. The van der Waals surface area contributed by atoms with Gasteiger partial charge in [0, 0.05) is 18.5 Å². The highest BCUT2D eigenvalue weighted by Crippen LogP contribution is 2.31. The van der Waals surface area contributed by atoms with E-state index in [-0.39, 0.29) is 11.8 Å². The van der Waals surface area contributed by atoms with Crippen LogP contribution in [-0.4, -0.2) is 26.6 Å². The molecule has 2 aliphatic rings. The molecular formula is C20H16N4O2. The van der Waals surface area contributed by atoms with E-state index in [4.69, 9.17) is 0 Å². The first-order chi connectivity index (χ1) is 12.7. The number of amides is 2. The molecule has 0 unspecified atom stereocenters. The lowest BCUT2D eigenvalue weighted by atomic mass is 10.1. The number of anilines is 1. The van der Waals surface area contributed by atoms with Crippen molar-refractivity contribution in [2.24, 2.45) is 0 Å². The van der Waals surface area contributed by atoms with Gasteiger partial charge in [-0.15, -0.1) is 10.2 Å². The zero-order valence-corrected chi connectivity index (χ0v) is 14.1. The lowest BCUT2D eigenvalue weighted by molar-refractivity contribution is 0.0926. The number of hydrogen-bond acceptors (Lipinski definition) is 4. The van der Waals surface area contributed by atoms with Crippen molar-refractivity contribution in [3.8, 4) is 11.4 Å². The Labute approximate surface area is 150 Å². The van der Waals surface area contributed by atoms with Crippen LogP contribution in [0.15, 0.2) is 48.5 Å². The molecule has 0 saturated carbocycles. The van der Waals surface area contributed by atoms with E-state index >= 15 is 0 Å². The van der Waals surface area contributed by atoms with Crippen molar-refractivity contribution in [3.63, 3.8) is 0 Å². The molecule has 0 bridgehead atoms. The predicted octanol–water partition coefficient (Wildman–Crippen LogP) is 3.08. The first-order valence-corrected chi connectivity index (χ1v) is 8.74. The summed E-state index contributed by atoms with van der Waals surface area (Å²) in [4.78, 5) is 26.7. The van der Waals surface area contributed by atoms with Crippen LogP contribution in [0.5, 0.6) is 0 Å². The minimum atomic E-state index is -0.286. The summed E-state index contributed by atoms with van der Waals surface area (Å²) in [6.07, 6.45) is 3.18. The van der Waals surface area contributed by atoms with Crippen molar-refractivity contribution in [1.29, 1.82) is 0 Å². The topological polar surface area (TPSA) is 68.1 Å². The molecule has 2 amide bonds. The molecule has 0 atom stereocenters. The van der Waals surface area contributed by atoms with E-state index in [1.807, 2.05) is 18.2 Å². The molecule has 26 heavy (non-hydrogen) atoms. The first kappa shape index (κ1) is 15.0. The summed E-state index contributed by atoms with van der Waals surface area (Å²) in [6, 6.07) is 14.3. The van der Waals surface area contributed by atoms with Gasteiger partial charge in [-0.05, 0) is 37.1 Å². The Kier molecular flexibility index (Phi) is 3.25. The van der Waals surface area contributed by atoms with Crippen molar-refractivity contribution in [2.75, 3.05) is 4.90 Å². The molecule has 6 nitrogen and oxygen atoms in total. The zero-order valence-electron chi connectivity index (χ0n) is 14.1. The van der Waals surface area contributed by atoms with Gasteiger partial charge in [0.2, 0.25) is 0 Å². The number of rotatable bonds is 2. The van der Waals surface area contributed by atoms with Crippen LogP contribution >= 0.6 is 0 Å². The fraction of sp³-hybridized carbons (Fsp3) is 0.200. The van der Waals surface area contributed by atoms with Gasteiger partial charge >= 0.3 is 0 Å². The van der Waals surface area contributed by atoms with Gasteiger partial charge in [-0.25, -0.2) is 4.90 Å². The van der Waals surface area contributed by atoms with E-state index < -0.39 is 0 Å². The van der Waals surface area contributed by atoms with E-state index in [2.05, 4.69) is 14.8 Å². The standard InChI is InChI=1S/C20H16N4O2/c25-19-15-8-1-2-9-16(15)20(26)24(19)14-7-5-6-13(12-14)18-22-21-17-10-3-4-11-23(17)18/h1-2,5-9,12H,3-4,10-11H2. The Morgan fingerprint density at radius 2 is 1.62 bits per heavy atom. The lowest BCUT2D eigenvalue weighted by Crippen LogP contribution is -2.29. The molecule has 3 aromatic rings. The van der Waals surface area contributed by atoms with Crippen LogP contribution in [-0.2, 0) is 13.0 Å². The van der Waals surface area contributed by atoms with E-state index in [0.29, 0.717) is 16.8 Å². The van der Waals surface area contributed by atoms with Crippen LogP contribution in [0.4, 0.5) is 5.69 Å². The highest BCUT2D eigenvalue weighted by atomic mass is 16.2. The van der Waals surface area contributed by atoms with Crippen LogP contribution in [0, 0.1) is 0 Å². The normalized spacial score (nSPS) is 15.9. The number of aryl methyl sites for hydroxylation is 1. The summed E-state index contributed by atoms with van der Waals surface area (Å²) in [6.45, 7) is 0.898. The van der Waals surface area contributed by atoms with Gasteiger partial charge in [0.15, 0.2) is 5.82 Å². The highest BCUT2D eigenvalue weighted by molar-refractivity contribution is 6.34. The second kappa shape index (κ2) is 5.62. The fourth-order valence-electron chi connectivity index (χ4n) is 3.73. The molecule has 0 fully saturated rings. The predicted molar refractivity (Wildman–Crippen MR) is 96.0 cm³/mol. The minimum Gasteiger partial charge on any atom is -0.311 e. The third-order valence-corrected chi connectivity index (χ3v) is 5.02.